The van der Waals surface area contributed by atoms with Gasteiger partial charge in [0.15, 0.2) is 0 Å². The summed E-state index contributed by atoms with van der Waals surface area (Å²) >= 11 is 14.7. The van der Waals surface area contributed by atoms with Gasteiger partial charge < -0.3 is 5.32 Å². The average Bonchev–Trinajstić information content (AvgIpc) is 3.14. The molecule has 37 heavy (non-hydrogen) atoms. The molecular formula is C27H19Cl2N3O5. The molecule has 3 aromatic rings. The number of aryl methyl sites for hydroxylation is 1. The highest BCUT2D eigenvalue weighted by atomic mass is 35.5. The first-order valence-electron chi connectivity index (χ1n) is 11.6. The van der Waals surface area contributed by atoms with E-state index in [0.717, 1.165) is 4.90 Å². The molecule has 186 valence electrons. The van der Waals surface area contributed by atoms with Crippen molar-refractivity contribution in [2.24, 2.45) is 11.8 Å². The van der Waals surface area contributed by atoms with E-state index in [-0.39, 0.29) is 11.4 Å². The number of amides is 3. The quantitative estimate of drug-likeness (QED) is 0.230. The van der Waals surface area contributed by atoms with Crippen molar-refractivity contribution in [2.75, 3.05) is 11.9 Å². The Kier molecular flexibility index (Phi) is 5.03. The lowest BCUT2D eigenvalue weighted by atomic mass is 9.54. The normalized spacial score (nSPS) is 26.9. The van der Waals surface area contributed by atoms with Crippen LogP contribution in [0.15, 0.2) is 66.7 Å². The summed E-state index contributed by atoms with van der Waals surface area (Å²) in [6, 6.07) is 18.8. The predicted molar refractivity (Wildman–Crippen MR) is 136 cm³/mol. The van der Waals surface area contributed by atoms with Gasteiger partial charge in [-0.25, -0.2) is 0 Å². The van der Waals surface area contributed by atoms with Gasteiger partial charge in [0.25, 0.3) is 5.69 Å². The Labute approximate surface area is 221 Å². The first-order chi connectivity index (χ1) is 17.6. The second-order valence-electron chi connectivity index (χ2n) is 9.54. The number of alkyl halides is 2. The Balaban J connectivity index is 1.37. The fourth-order valence-corrected chi connectivity index (χ4v) is 7.21. The molecule has 1 saturated heterocycles. The van der Waals surface area contributed by atoms with E-state index in [2.05, 4.69) is 5.32 Å². The van der Waals surface area contributed by atoms with Gasteiger partial charge in [-0.1, -0.05) is 54.6 Å². The number of nitrogens with one attached hydrogen (secondary N) is 1. The molecule has 7 rings (SSSR count). The van der Waals surface area contributed by atoms with Crippen LogP contribution in [-0.2, 0) is 24.1 Å². The molecule has 0 unspecified atom stereocenters. The van der Waals surface area contributed by atoms with Gasteiger partial charge in [0.1, 0.15) is 16.3 Å². The molecular weight excluding hydrogens is 517 g/mol. The van der Waals surface area contributed by atoms with Gasteiger partial charge in [0, 0.05) is 17.3 Å². The molecule has 3 aliphatic carbocycles. The number of nitrogens with zero attached hydrogens (tertiary/aromatic N) is 2. The molecule has 3 amide bonds. The van der Waals surface area contributed by atoms with Crippen LogP contribution in [0.4, 0.5) is 11.4 Å². The van der Waals surface area contributed by atoms with Gasteiger partial charge in [-0.15, -0.1) is 23.2 Å². The number of nitro benzene ring substituents is 1. The molecule has 0 aromatic heterocycles. The van der Waals surface area contributed by atoms with Gasteiger partial charge in [-0.2, -0.15) is 0 Å². The summed E-state index contributed by atoms with van der Waals surface area (Å²) in [6.07, 6.45) is 0. The summed E-state index contributed by atoms with van der Waals surface area (Å²) in [5.74, 6) is -3.84. The number of benzene rings is 3. The Bertz CT molecular complexity index is 1430. The van der Waals surface area contributed by atoms with Crippen molar-refractivity contribution in [3.63, 3.8) is 0 Å². The van der Waals surface area contributed by atoms with Crippen LogP contribution in [0.1, 0.15) is 27.8 Å². The third-order valence-electron chi connectivity index (χ3n) is 7.67. The summed E-state index contributed by atoms with van der Waals surface area (Å²) in [4.78, 5) is 49.4. The van der Waals surface area contributed by atoms with Gasteiger partial charge in [0.2, 0.25) is 17.7 Å². The number of nitro groups is 1. The highest BCUT2D eigenvalue weighted by Crippen LogP contribution is 2.69. The van der Waals surface area contributed by atoms with Crippen molar-refractivity contribution in [3.8, 4) is 0 Å². The molecule has 0 radical (unpaired) electrons. The van der Waals surface area contributed by atoms with Crippen molar-refractivity contribution in [3.05, 3.63) is 105 Å². The maximum atomic E-state index is 13.8. The smallest absolute Gasteiger partial charge is 0.274 e. The van der Waals surface area contributed by atoms with E-state index in [1.165, 1.54) is 18.2 Å². The Hall–Kier alpha value is -3.75. The van der Waals surface area contributed by atoms with Crippen LogP contribution in [0, 0.1) is 28.9 Å². The number of hydrogen-bond donors (Lipinski definition) is 1. The third kappa shape index (κ3) is 3.00. The second kappa shape index (κ2) is 7.87. The molecule has 2 bridgehead atoms. The summed E-state index contributed by atoms with van der Waals surface area (Å²) in [5.41, 5.74) is 3.15. The minimum absolute atomic E-state index is 0.155. The molecule has 4 aliphatic rings. The van der Waals surface area contributed by atoms with Crippen molar-refractivity contribution < 1.29 is 19.3 Å². The van der Waals surface area contributed by atoms with Crippen LogP contribution < -0.4 is 5.32 Å². The zero-order valence-corrected chi connectivity index (χ0v) is 20.9. The monoisotopic (exact) mass is 535 g/mol. The second-order valence-corrected chi connectivity index (χ2v) is 10.7. The lowest BCUT2D eigenvalue weighted by molar-refractivity contribution is -0.385. The van der Waals surface area contributed by atoms with Crippen LogP contribution in [0.5, 0.6) is 0 Å². The topological polar surface area (TPSA) is 110 Å². The highest BCUT2D eigenvalue weighted by Gasteiger charge is 2.73. The van der Waals surface area contributed by atoms with Gasteiger partial charge >= 0.3 is 0 Å². The van der Waals surface area contributed by atoms with Crippen molar-refractivity contribution in [1.29, 1.82) is 0 Å². The third-order valence-corrected chi connectivity index (χ3v) is 8.95. The fourth-order valence-electron chi connectivity index (χ4n) is 6.11. The Morgan fingerprint density at radius 1 is 0.919 bits per heavy atom. The van der Waals surface area contributed by atoms with Crippen LogP contribution >= 0.6 is 23.2 Å². The summed E-state index contributed by atoms with van der Waals surface area (Å²) in [5, 5.41) is 13.8. The minimum Gasteiger partial charge on any atom is -0.324 e. The van der Waals surface area contributed by atoms with Crippen molar-refractivity contribution in [1.82, 2.24) is 4.90 Å². The maximum absolute atomic E-state index is 13.8. The van der Waals surface area contributed by atoms with E-state index in [4.69, 9.17) is 23.2 Å². The molecule has 8 nitrogen and oxygen atoms in total. The molecule has 10 heteroatoms. The summed E-state index contributed by atoms with van der Waals surface area (Å²) in [7, 11) is 0. The molecule has 1 heterocycles. The predicted octanol–water partition coefficient (Wildman–Crippen LogP) is 4.43. The van der Waals surface area contributed by atoms with Gasteiger partial charge in [-0.05, 0) is 35.2 Å². The maximum Gasteiger partial charge on any atom is 0.274 e. The summed E-state index contributed by atoms with van der Waals surface area (Å²) in [6.45, 7) is 1.01. The zero-order valence-electron chi connectivity index (χ0n) is 19.4. The van der Waals surface area contributed by atoms with Crippen LogP contribution in [-0.4, -0.2) is 34.1 Å². The number of anilines is 1. The SMILES string of the molecule is Cc1ccc(NC(=O)CN2C(=O)[C@H]3[C@H](C2=O)C2(Cl)c4ccccc4C3(Cl)c3ccccc32)cc1[N+](=O)[O-]. The number of rotatable bonds is 4. The van der Waals surface area contributed by atoms with E-state index in [1.807, 2.05) is 48.5 Å². The number of halogens is 2. The number of carbonyl (C=O) groups excluding carboxylic acids is 3. The first kappa shape index (κ1) is 23.6. The molecule has 1 fully saturated rings. The Morgan fingerprint density at radius 3 is 1.81 bits per heavy atom. The van der Waals surface area contributed by atoms with E-state index >= 15 is 0 Å². The summed E-state index contributed by atoms with van der Waals surface area (Å²) < 4.78 is 0. The largest absolute Gasteiger partial charge is 0.324 e. The lowest BCUT2D eigenvalue weighted by Crippen LogP contribution is -2.57. The molecule has 0 spiro atoms. The lowest BCUT2D eigenvalue weighted by Gasteiger charge is -2.54. The van der Waals surface area contributed by atoms with E-state index < -0.39 is 50.8 Å². The van der Waals surface area contributed by atoms with Gasteiger partial charge in [-0.3, -0.25) is 29.4 Å². The van der Waals surface area contributed by atoms with Crippen LogP contribution in [0.2, 0.25) is 0 Å². The number of likely N-dealkylation sites (tertiary alicyclic amines) is 1. The average molecular weight is 536 g/mol. The molecule has 1 aliphatic heterocycles. The van der Waals surface area contributed by atoms with E-state index in [0.29, 0.717) is 27.8 Å². The minimum atomic E-state index is -1.33. The number of imide groups is 1. The van der Waals surface area contributed by atoms with Crippen molar-refractivity contribution in [2.45, 2.75) is 16.7 Å². The van der Waals surface area contributed by atoms with E-state index in [9.17, 15) is 24.5 Å². The molecule has 3 aromatic carbocycles. The number of carbonyl (C=O) groups is 3. The first-order valence-corrected chi connectivity index (χ1v) is 12.3. The Morgan fingerprint density at radius 2 is 1.38 bits per heavy atom. The molecule has 1 N–H and O–H groups in total. The number of hydrogen-bond acceptors (Lipinski definition) is 5. The molecule has 0 saturated carbocycles. The highest BCUT2D eigenvalue weighted by molar-refractivity contribution is 6.36. The fraction of sp³-hybridized carbons (Fsp3) is 0.222. The van der Waals surface area contributed by atoms with Crippen LogP contribution in [0.25, 0.3) is 0 Å². The standard InChI is InChI=1S/C27H19Cl2N3O5/c1-14-10-11-15(12-20(14)32(36)37)30-21(33)13-31-24(34)22-23(25(31)35)27(29)17-7-3-2-6-16(17)26(22,28)18-8-4-5-9-19(18)27/h2-12,22-23H,13H2,1H3,(H,30,33)/t22-,23-,26?,27?/m1/s1. The molecule has 2 atom stereocenters. The van der Waals surface area contributed by atoms with Crippen molar-refractivity contribution >= 4 is 52.3 Å². The zero-order chi connectivity index (χ0) is 26.3. The van der Waals surface area contributed by atoms with Crippen LogP contribution in [0.3, 0.4) is 0 Å². The van der Waals surface area contributed by atoms with E-state index in [1.54, 1.807) is 6.92 Å². The van der Waals surface area contributed by atoms with Gasteiger partial charge in [0.05, 0.1) is 16.8 Å².